The maximum absolute atomic E-state index is 9.71. The molecule has 3 N–H and O–H groups in total. The smallest absolute Gasteiger partial charge is 0.317 e. The van der Waals surface area contributed by atoms with Gasteiger partial charge in [-0.3, -0.25) is 4.55 Å². The summed E-state index contributed by atoms with van der Waals surface area (Å²) in [5.41, 5.74) is 4.78. The Bertz CT molecular complexity index is 285. The van der Waals surface area contributed by atoms with Crippen LogP contribution < -0.4 is 5.73 Å². The van der Waals surface area contributed by atoms with Gasteiger partial charge in [-0.25, -0.2) is 0 Å². The van der Waals surface area contributed by atoms with Gasteiger partial charge in [-0.1, -0.05) is 0 Å². The first-order chi connectivity index (χ1) is 5.06. The van der Waals surface area contributed by atoms with E-state index in [0.717, 1.165) is 0 Å². The molecule has 0 radical (unpaired) electrons. The molecule has 76 valence electrons. The predicted molar refractivity (Wildman–Crippen MR) is 46.1 cm³/mol. The molecule has 10 heteroatoms. The summed E-state index contributed by atoms with van der Waals surface area (Å²) in [5.74, 6) is -0.354. The van der Waals surface area contributed by atoms with Crippen LogP contribution in [0.3, 0.4) is 0 Å². The predicted octanol–water partition coefficient (Wildman–Crippen LogP) is -0.458. The van der Waals surface area contributed by atoms with Crippen molar-refractivity contribution in [1.82, 2.24) is 0 Å². The van der Waals surface area contributed by atoms with E-state index in [1.165, 1.54) is 0 Å². The summed E-state index contributed by atoms with van der Waals surface area (Å²) in [5, 5.41) is 0. The van der Waals surface area contributed by atoms with Crippen LogP contribution in [0.4, 0.5) is 0 Å². The highest BCUT2D eigenvalue weighted by Crippen LogP contribution is 1.98. The Morgan fingerprint density at radius 3 is 1.42 bits per heavy atom. The van der Waals surface area contributed by atoms with Crippen molar-refractivity contribution in [3.63, 3.8) is 0 Å². The van der Waals surface area contributed by atoms with Crippen LogP contribution in [0.15, 0.2) is 0 Å². The second kappa shape index (κ2) is 5.95. The molecule has 0 aromatic heterocycles. The molecule has 0 aromatic rings. The van der Waals surface area contributed by atoms with Gasteiger partial charge in [0.05, 0.1) is 5.75 Å². The minimum absolute atomic E-state index is 0.0289. The Hall–Kier alpha value is 0.400. The zero-order valence-corrected chi connectivity index (χ0v) is 8.79. The SMILES string of the molecule is NCCS(=O)(=O)O.O=S(=O)(Cl)Cl. The van der Waals surface area contributed by atoms with Gasteiger partial charge in [-0.2, -0.15) is 16.8 Å². The van der Waals surface area contributed by atoms with E-state index in [1.54, 1.807) is 0 Å². The Morgan fingerprint density at radius 2 is 1.42 bits per heavy atom. The molecule has 0 fully saturated rings. The molecule has 0 aromatic carbocycles. The molecule has 0 saturated carbocycles. The van der Waals surface area contributed by atoms with Gasteiger partial charge in [0.1, 0.15) is 0 Å². The quantitative estimate of drug-likeness (QED) is 0.513. The summed E-state index contributed by atoms with van der Waals surface area (Å²) in [6.45, 7) is -0.0289. The van der Waals surface area contributed by atoms with Gasteiger partial charge in [0.15, 0.2) is 0 Å². The van der Waals surface area contributed by atoms with Gasteiger partial charge in [0.2, 0.25) is 0 Å². The van der Waals surface area contributed by atoms with Crippen molar-refractivity contribution in [1.29, 1.82) is 0 Å². The lowest BCUT2D eigenvalue weighted by Gasteiger charge is -1.86. The molecule has 0 atom stereocenters. The topological polar surface area (TPSA) is 115 Å². The maximum Gasteiger partial charge on any atom is 0.317 e. The summed E-state index contributed by atoms with van der Waals surface area (Å²) < 4.78 is 45.6. The number of hydrogen-bond acceptors (Lipinski definition) is 5. The van der Waals surface area contributed by atoms with Crippen LogP contribution in [0, 0.1) is 0 Å². The normalized spacial score (nSPS) is 11.7. The van der Waals surface area contributed by atoms with Crippen molar-refractivity contribution in [2.75, 3.05) is 12.3 Å². The Labute approximate surface area is 79.3 Å². The zero-order valence-electron chi connectivity index (χ0n) is 5.64. The molecule has 0 amide bonds. The fourth-order valence-electron chi connectivity index (χ4n) is 0.149. The molecule has 0 heterocycles. The van der Waals surface area contributed by atoms with Crippen molar-refractivity contribution >= 4 is 39.7 Å². The van der Waals surface area contributed by atoms with E-state index in [9.17, 15) is 8.42 Å². The van der Waals surface area contributed by atoms with Crippen LogP contribution >= 0.6 is 21.4 Å². The van der Waals surface area contributed by atoms with Crippen LogP contribution in [0.5, 0.6) is 0 Å². The first-order valence-electron chi connectivity index (χ1n) is 2.35. The van der Waals surface area contributed by atoms with Gasteiger partial charge >= 0.3 is 8.26 Å². The summed E-state index contributed by atoms with van der Waals surface area (Å²) in [4.78, 5) is 0. The van der Waals surface area contributed by atoms with Crippen LogP contribution in [-0.2, 0) is 18.4 Å². The second-order valence-corrected chi connectivity index (χ2v) is 6.69. The fraction of sp³-hybridized carbons (Fsp3) is 1.00. The average Bonchev–Trinajstić information content (AvgIpc) is 1.54. The van der Waals surface area contributed by atoms with Crippen molar-refractivity contribution in [3.8, 4) is 0 Å². The first-order valence-corrected chi connectivity index (χ1v) is 7.10. The lowest BCUT2D eigenvalue weighted by atomic mass is 10.8. The summed E-state index contributed by atoms with van der Waals surface area (Å²) in [6, 6.07) is 0. The van der Waals surface area contributed by atoms with Gasteiger partial charge < -0.3 is 5.73 Å². The highest BCUT2D eigenvalue weighted by atomic mass is 36.0. The minimum Gasteiger partial charge on any atom is -0.329 e. The first kappa shape index (κ1) is 14.9. The van der Waals surface area contributed by atoms with Crippen molar-refractivity contribution in [2.45, 2.75) is 0 Å². The van der Waals surface area contributed by atoms with E-state index in [0.29, 0.717) is 0 Å². The average molecular weight is 260 g/mol. The van der Waals surface area contributed by atoms with Gasteiger partial charge in [0, 0.05) is 27.9 Å². The molecular formula is C2H7Cl2NO5S2. The van der Waals surface area contributed by atoms with Gasteiger partial charge in [0.25, 0.3) is 10.1 Å². The maximum atomic E-state index is 9.71. The van der Waals surface area contributed by atoms with E-state index in [-0.39, 0.29) is 12.3 Å². The fourth-order valence-corrected chi connectivity index (χ4v) is 0.447. The summed E-state index contributed by atoms with van der Waals surface area (Å²) >= 11 is 0. The third kappa shape index (κ3) is 47.5. The summed E-state index contributed by atoms with van der Waals surface area (Å²) in [7, 11) is 1.01. The third-order valence-electron chi connectivity index (χ3n) is 0.376. The molecule has 0 aliphatic rings. The van der Waals surface area contributed by atoms with Crippen LogP contribution in [0.25, 0.3) is 0 Å². The molecule has 0 aliphatic heterocycles. The minimum atomic E-state index is -3.80. The summed E-state index contributed by atoms with van der Waals surface area (Å²) in [6.07, 6.45) is 0. The van der Waals surface area contributed by atoms with Crippen LogP contribution in [0.2, 0.25) is 0 Å². The number of halogens is 2. The van der Waals surface area contributed by atoms with E-state index in [2.05, 4.69) is 21.4 Å². The molecule has 12 heavy (non-hydrogen) atoms. The van der Waals surface area contributed by atoms with E-state index >= 15 is 0 Å². The van der Waals surface area contributed by atoms with Crippen molar-refractivity contribution < 1.29 is 21.4 Å². The Kier molecular flexibility index (Phi) is 7.38. The Morgan fingerprint density at radius 1 is 1.17 bits per heavy atom. The number of hydrogen-bond donors (Lipinski definition) is 2. The number of rotatable bonds is 2. The highest BCUT2D eigenvalue weighted by Gasteiger charge is 1.98. The van der Waals surface area contributed by atoms with Crippen molar-refractivity contribution in [3.05, 3.63) is 0 Å². The molecule has 0 unspecified atom stereocenters. The van der Waals surface area contributed by atoms with E-state index < -0.39 is 18.4 Å². The largest absolute Gasteiger partial charge is 0.329 e. The Balaban J connectivity index is 0. The monoisotopic (exact) mass is 259 g/mol. The molecule has 0 rings (SSSR count). The highest BCUT2D eigenvalue weighted by molar-refractivity contribution is 8.31. The van der Waals surface area contributed by atoms with Gasteiger partial charge in [-0.15, -0.1) is 0 Å². The van der Waals surface area contributed by atoms with E-state index in [1.807, 2.05) is 0 Å². The van der Waals surface area contributed by atoms with E-state index in [4.69, 9.17) is 18.7 Å². The van der Waals surface area contributed by atoms with Gasteiger partial charge in [-0.05, 0) is 0 Å². The molecule has 0 saturated heterocycles. The second-order valence-electron chi connectivity index (χ2n) is 1.45. The lowest BCUT2D eigenvalue weighted by molar-refractivity contribution is 0.483. The number of nitrogens with two attached hydrogens (primary N) is 1. The molecule has 0 aliphatic carbocycles. The van der Waals surface area contributed by atoms with Crippen LogP contribution in [0.1, 0.15) is 0 Å². The molecule has 0 bridgehead atoms. The molecule has 0 spiro atoms. The van der Waals surface area contributed by atoms with Crippen LogP contribution in [-0.4, -0.2) is 33.7 Å². The van der Waals surface area contributed by atoms with Crippen molar-refractivity contribution in [2.24, 2.45) is 5.73 Å². The molecular weight excluding hydrogens is 253 g/mol. The third-order valence-corrected chi connectivity index (χ3v) is 1.13. The zero-order chi connectivity index (χ0) is 10.4. The lowest BCUT2D eigenvalue weighted by Crippen LogP contribution is -2.13. The molecule has 6 nitrogen and oxygen atoms in total. The standard InChI is InChI=1S/C2H7NO3S.Cl2O2S/c3-1-2-7(4,5)6;1-5(2,3)4/h1-3H2,(H,4,5,6);.